The number of aliphatic imine (C=N–C) groups is 1. The van der Waals surface area contributed by atoms with Crippen molar-refractivity contribution < 1.29 is 8.78 Å². The van der Waals surface area contributed by atoms with Gasteiger partial charge in [0, 0.05) is 18.7 Å². The van der Waals surface area contributed by atoms with E-state index in [0.29, 0.717) is 28.1 Å². The largest absolute Gasteiger partial charge is 0.383 e. The van der Waals surface area contributed by atoms with Crippen LogP contribution in [-0.4, -0.2) is 38.7 Å². The lowest BCUT2D eigenvalue weighted by Crippen LogP contribution is -2.45. The van der Waals surface area contributed by atoms with Gasteiger partial charge in [-0.3, -0.25) is 0 Å². The molecule has 3 aromatic rings. The van der Waals surface area contributed by atoms with Gasteiger partial charge in [0.05, 0.1) is 18.1 Å². The van der Waals surface area contributed by atoms with Gasteiger partial charge in [-0.25, -0.2) is 23.4 Å². The molecule has 9 heteroatoms. The van der Waals surface area contributed by atoms with E-state index in [4.69, 9.17) is 11.5 Å². The van der Waals surface area contributed by atoms with Crippen LogP contribution in [0.1, 0.15) is 11.3 Å². The summed E-state index contributed by atoms with van der Waals surface area (Å²) in [6, 6.07) is 7.67. The van der Waals surface area contributed by atoms with Crippen LogP contribution in [0.4, 0.5) is 8.78 Å². The Morgan fingerprint density at radius 2 is 2.04 bits per heavy atom. The van der Waals surface area contributed by atoms with Crippen LogP contribution in [0.25, 0.3) is 11.0 Å². The molecule has 0 saturated heterocycles. The first-order valence-corrected chi connectivity index (χ1v) is 8.16. The molecule has 0 aliphatic carbocycles. The lowest BCUT2D eigenvalue weighted by Gasteiger charge is -2.27. The van der Waals surface area contributed by atoms with Crippen LogP contribution in [0.15, 0.2) is 47.3 Å². The summed E-state index contributed by atoms with van der Waals surface area (Å²) < 4.78 is 29.4. The molecular formula is C18H16F2N7. The normalized spacial score (nSPS) is 17.2. The monoisotopic (exact) mass is 368 g/mol. The van der Waals surface area contributed by atoms with Gasteiger partial charge < -0.3 is 16.4 Å². The van der Waals surface area contributed by atoms with Gasteiger partial charge >= 0.3 is 0 Å². The Morgan fingerprint density at radius 3 is 2.81 bits per heavy atom. The molecule has 1 aliphatic heterocycles. The Morgan fingerprint density at radius 1 is 1.26 bits per heavy atom. The number of aromatic nitrogens is 3. The third kappa shape index (κ3) is 3.02. The highest BCUT2D eigenvalue weighted by atomic mass is 19.1. The summed E-state index contributed by atoms with van der Waals surface area (Å²) in [6.07, 6.45) is 3.25. The van der Waals surface area contributed by atoms with E-state index in [2.05, 4.69) is 21.2 Å². The fraction of sp³-hybridized carbons (Fsp3) is 0.167. The SMILES string of the molecule is CN1C(c2nn(Cc3ccccc3F)c3ncc(F)cc23)=NC(N)=[C]C1N. The minimum atomic E-state index is -0.620. The van der Waals surface area contributed by atoms with Gasteiger partial charge in [0.25, 0.3) is 0 Å². The summed E-state index contributed by atoms with van der Waals surface area (Å²) in [7, 11) is 1.71. The first kappa shape index (κ1) is 17.1. The van der Waals surface area contributed by atoms with E-state index < -0.39 is 12.0 Å². The molecular weight excluding hydrogens is 352 g/mol. The molecule has 2 aromatic heterocycles. The van der Waals surface area contributed by atoms with E-state index in [0.717, 1.165) is 6.20 Å². The van der Waals surface area contributed by atoms with Gasteiger partial charge in [0.2, 0.25) is 0 Å². The Bertz CT molecular complexity index is 1090. The highest BCUT2D eigenvalue weighted by Crippen LogP contribution is 2.23. The van der Waals surface area contributed by atoms with E-state index in [1.165, 1.54) is 16.8 Å². The van der Waals surface area contributed by atoms with Gasteiger partial charge in [-0.1, -0.05) is 18.2 Å². The van der Waals surface area contributed by atoms with E-state index in [9.17, 15) is 8.78 Å². The molecule has 27 heavy (non-hydrogen) atoms. The Labute approximate surface area is 153 Å². The maximum atomic E-state index is 14.1. The van der Waals surface area contributed by atoms with E-state index in [-0.39, 0.29) is 18.2 Å². The smallest absolute Gasteiger partial charge is 0.160 e. The summed E-state index contributed by atoms with van der Waals surface area (Å²) in [5.41, 5.74) is 12.9. The van der Waals surface area contributed by atoms with Gasteiger partial charge in [-0.15, -0.1) is 0 Å². The maximum Gasteiger partial charge on any atom is 0.160 e. The number of likely N-dealkylation sites (N-methyl/N-ethyl adjacent to an activating group) is 1. The Kier molecular flexibility index (Phi) is 4.08. The van der Waals surface area contributed by atoms with E-state index in [1.807, 2.05) is 0 Å². The molecule has 4 rings (SSSR count). The third-order valence-corrected chi connectivity index (χ3v) is 4.32. The molecule has 0 saturated carbocycles. The number of fused-ring (bicyclic) bond motifs is 1. The number of benzene rings is 1. The predicted octanol–water partition coefficient (Wildman–Crippen LogP) is 1.34. The molecule has 1 aliphatic rings. The summed E-state index contributed by atoms with van der Waals surface area (Å²) in [6.45, 7) is 0.127. The summed E-state index contributed by atoms with van der Waals surface area (Å²) in [4.78, 5) is 10.00. The van der Waals surface area contributed by atoms with Crippen molar-refractivity contribution in [3.05, 3.63) is 71.3 Å². The van der Waals surface area contributed by atoms with Crippen molar-refractivity contribution >= 4 is 16.9 Å². The van der Waals surface area contributed by atoms with Crippen LogP contribution in [-0.2, 0) is 6.54 Å². The molecule has 1 radical (unpaired) electrons. The van der Waals surface area contributed by atoms with Crippen molar-refractivity contribution in [3.63, 3.8) is 0 Å². The number of hydrogen-bond acceptors (Lipinski definition) is 6. The quantitative estimate of drug-likeness (QED) is 0.727. The van der Waals surface area contributed by atoms with Crippen LogP contribution in [0.2, 0.25) is 0 Å². The molecule has 0 spiro atoms. The molecule has 4 N–H and O–H groups in total. The highest BCUT2D eigenvalue weighted by Gasteiger charge is 2.26. The van der Waals surface area contributed by atoms with E-state index in [1.54, 1.807) is 30.1 Å². The number of amidine groups is 1. The minimum Gasteiger partial charge on any atom is -0.383 e. The van der Waals surface area contributed by atoms with Crippen molar-refractivity contribution in [1.82, 2.24) is 19.7 Å². The molecule has 0 bridgehead atoms. The average Bonchev–Trinajstić information content (AvgIpc) is 2.97. The van der Waals surface area contributed by atoms with Crippen LogP contribution >= 0.6 is 0 Å². The Hall–Kier alpha value is -3.33. The van der Waals surface area contributed by atoms with Crippen molar-refractivity contribution in [2.45, 2.75) is 12.7 Å². The summed E-state index contributed by atoms with van der Waals surface area (Å²) >= 11 is 0. The van der Waals surface area contributed by atoms with Gasteiger partial charge in [0.1, 0.15) is 29.3 Å². The predicted molar refractivity (Wildman–Crippen MR) is 96.2 cm³/mol. The number of rotatable bonds is 3. The molecule has 1 unspecified atom stereocenters. The minimum absolute atomic E-state index is 0.122. The maximum absolute atomic E-state index is 14.1. The molecule has 3 heterocycles. The van der Waals surface area contributed by atoms with Crippen LogP contribution in [0.3, 0.4) is 0 Å². The molecule has 1 atom stereocenters. The van der Waals surface area contributed by atoms with Crippen LogP contribution < -0.4 is 11.5 Å². The molecule has 137 valence electrons. The van der Waals surface area contributed by atoms with Crippen molar-refractivity contribution in [3.8, 4) is 0 Å². The standard InChI is InChI=1S/C18H16F2N7/c1-26-15(22)7-14(21)24-18(26)16-12-6-11(19)8-23-17(12)27(25-16)9-10-4-2-3-5-13(10)20/h2-6,8,15H,9,21-22H2,1H3. The summed E-state index contributed by atoms with van der Waals surface area (Å²) in [5, 5.41) is 4.94. The topological polar surface area (TPSA) is 98.3 Å². The zero-order valence-electron chi connectivity index (χ0n) is 14.4. The zero-order chi connectivity index (χ0) is 19.1. The molecule has 1 aromatic carbocycles. The molecule has 0 fully saturated rings. The summed E-state index contributed by atoms with van der Waals surface area (Å²) in [5.74, 6) is -0.395. The van der Waals surface area contributed by atoms with Gasteiger partial charge in [0.15, 0.2) is 11.5 Å². The van der Waals surface area contributed by atoms with Crippen molar-refractivity contribution in [1.29, 1.82) is 0 Å². The molecule has 7 nitrogen and oxygen atoms in total. The average molecular weight is 368 g/mol. The second-order valence-electron chi connectivity index (χ2n) is 6.14. The molecule has 0 amide bonds. The fourth-order valence-electron chi connectivity index (χ4n) is 2.92. The number of hydrogen-bond donors (Lipinski definition) is 2. The highest BCUT2D eigenvalue weighted by molar-refractivity contribution is 6.07. The van der Waals surface area contributed by atoms with Gasteiger partial charge in [-0.05, 0) is 12.1 Å². The number of pyridine rings is 1. The zero-order valence-corrected chi connectivity index (χ0v) is 14.4. The van der Waals surface area contributed by atoms with Crippen LogP contribution in [0, 0.1) is 17.7 Å². The van der Waals surface area contributed by atoms with Gasteiger partial charge in [-0.2, -0.15) is 5.10 Å². The number of halogens is 2. The number of nitrogens with two attached hydrogens (primary N) is 2. The number of nitrogens with zero attached hydrogens (tertiary/aromatic N) is 5. The lowest BCUT2D eigenvalue weighted by molar-refractivity contribution is 0.415. The lowest BCUT2D eigenvalue weighted by atomic mass is 10.2. The first-order valence-electron chi connectivity index (χ1n) is 8.16. The van der Waals surface area contributed by atoms with E-state index >= 15 is 0 Å². The first-order chi connectivity index (χ1) is 12.9. The Balaban J connectivity index is 1.88. The fourth-order valence-corrected chi connectivity index (χ4v) is 2.92. The third-order valence-electron chi connectivity index (χ3n) is 4.32. The second-order valence-corrected chi connectivity index (χ2v) is 6.14. The van der Waals surface area contributed by atoms with Crippen molar-refractivity contribution in [2.24, 2.45) is 16.5 Å². The van der Waals surface area contributed by atoms with Crippen molar-refractivity contribution in [2.75, 3.05) is 7.05 Å². The second kappa shape index (κ2) is 6.44. The van der Waals surface area contributed by atoms with Crippen LogP contribution in [0.5, 0.6) is 0 Å².